The molecule has 0 radical (unpaired) electrons. The lowest BCUT2D eigenvalue weighted by Gasteiger charge is -2.45. The first-order valence-corrected chi connectivity index (χ1v) is 13.2. The van der Waals surface area contributed by atoms with Gasteiger partial charge in [0.1, 0.15) is 17.4 Å². The van der Waals surface area contributed by atoms with Crippen molar-refractivity contribution in [2.75, 3.05) is 13.1 Å². The molecule has 3 rings (SSSR count). The molecule has 0 aromatic heterocycles. The molecule has 1 heterocycles. The molecular weight excluding hydrogens is 492 g/mol. The number of Topliss-reactive ketones (excluding diaryl/α,β-unsaturated/α-hetero) is 1. The molecular formula is C25H31ClN2O6S. The van der Waals surface area contributed by atoms with E-state index in [1.54, 1.807) is 52.0 Å². The Kier molecular flexibility index (Phi) is 7.37. The summed E-state index contributed by atoms with van der Waals surface area (Å²) in [7, 11) is -4.26. The van der Waals surface area contributed by atoms with E-state index in [1.165, 1.54) is 24.0 Å². The number of aliphatic carboxylic acids is 1. The number of carboxylic acid groups (broad SMARTS) is 1. The Morgan fingerprint density at radius 1 is 1.11 bits per heavy atom. The van der Waals surface area contributed by atoms with E-state index in [2.05, 4.69) is 0 Å². The number of ketones is 1. The van der Waals surface area contributed by atoms with Crippen LogP contribution in [0.2, 0.25) is 5.02 Å². The van der Waals surface area contributed by atoms with Crippen LogP contribution < -0.4 is 0 Å². The molecule has 0 unspecified atom stereocenters. The van der Waals surface area contributed by atoms with Crippen molar-refractivity contribution < 1.29 is 27.9 Å². The number of hydrogen-bond acceptors (Lipinski definition) is 5. The number of halogens is 1. The Hall–Kier alpha value is -2.49. The molecule has 10 heteroatoms. The third-order valence-electron chi connectivity index (χ3n) is 7.05. The number of amides is 1. The number of fused-ring (bicyclic) bond motifs is 1. The highest BCUT2D eigenvalue weighted by molar-refractivity contribution is 7.89. The monoisotopic (exact) mass is 522 g/mol. The number of hydrogen-bond donors (Lipinski definition) is 1. The number of nitrogens with zero attached hydrogens (tertiary/aromatic N) is 2. The minimum atomic E-state index is -4.26. The molecule has 0 saturated carbocycles. The van der Waals surface area contributed by atoms with E-state index in [0.29, 0.717) is 10.4 Å². The second kappa shape index (κ2) is 9.52. The van der Waals surface area contributed by atoms with Gasteiger partial charge in [0.2, 0.25) is 15.9 Å². The van der Waals surface area contributed by atoms with Crippen molar-refractivity contribution in [2.45, 2.75) is 63.9 Å². The predicted molar refractivity (Wildman–Crippen MR) is 134 cm³/mol. The minimum Gasteiger partial charge on any atom is -0.479 e. The average molecular weight is 523 g/mol. The highest BCUT2D eigenvalue weighted by atomic mass is 35.5. The van der Waals surface area contributed by atoms with Gasteiger partial charge < -0.3 is 10.0 Å². The van der Waals surface area contributed by atoms with Gasteiger partial charge in [0.25, 0.3) is 0 Å². The van der Waals surface area contributed by atoms with Gasteiger partial charge in [0.05, 0.1) is 11.4 Å². The van der Waals surface area contributed by atoms with Crippen molar-refractivity contribution in [1.29, 1.82) is 0 Å². The number of benzene rings is 2. The van der Waals surface area contributed by atoms with Gasteiger partial charge in [0.15, 0.2) is 0 Å². The zero-order valence-electron chi connectivity index (χ0n) is 20.5. The van der Waals surface area contributed by atoms with Crippen molar-refractivity contribution in [3.8, 4) is 0 Å². The summed E-state index contributed by atoms with van der Waals surface area (Å²) in [5.74, 6) is -2.14. The fourth-order valence-corrected chi connectivity index (χ4v) is 6.17. The van der Waals surface area contributed by atoms with Gasteiger partial charge in [-0.3, -0.25) is 9.59 Å². The summed E-state index contributed by atoms with van der Waals surface area (Å²) in [6, 6.07) is 8.40. The molecule has 1 fully saturated rings. The quantitative estimate of drug-likeness (QED) is 0.561. The van der Waals surface area contributed by atoms with Gasteiger partial charge in [-0.2, -0.15) is 4.31 Å². The van der Waals surface area contributed by atoms with Crippen LogP contribution in [0.15, 0.2) is 41.3 Å². The molecule has 8 nitrogen and oxygen atoms in total. The number of carbonyl (C=O) groups excluding carboxylic acids is 2. The average Bonchev–Trinajstić information content (AvgIpc) is 3.16. The van der Waals surface area contributed by atoms with E-state index in [-0.39, 0.29) is 30.1 Å². The smallest absolute Gasteiger partial charge is 0.329 e. The van der Waals surface area contributed by atoms with Crippen LogP contribution in [0.3, 0.4) is 0 Å². The molecule has 2 aromatic carbocycles. The minimum absolute atomic E-state index is 0.0562. The fraction of sp³-hybridized carbons (Fsp3) is 0.480. The standard InChI is InChI=1S/C25H31ClN2O6S/c1-6-19(29)15-28(21-11-12-27(22(21)30)25(5,23(31)32)24(2,3)4)35(33,34)20-10-8-16-13-18(26)9-7-17(16)14-20/h7-10,13-14,21H,6,11-12,15H2,1-5H3,(H,31,32)/t21-,25+/m0/s1. The number of carbonyl (C=O) groups is 3. The van der Waals surface area contributed by atoms with E-state index in [1.807, 2.05) is 0 Å². The normalized spacial score (nSPS) is 18.8. The molecule has 1 aliphatic heterocycles. The zero-order valence-corrected chi connectivity index (χ0v) is 22.1. The summed E-state index contributed by atoms with van der Waals surface area (Å²) in [6.45, 7) is 7.85. The molecule has 1 aliphatic rings. The number of carboxylic acids is 1. The van der Waals surface area contributed by atoms with Crippen LogP contribution in [0.4, 0.5) is 0 Å². The second-order valence-corrected chi connectivity index (χ2v) is 12.3. The van der Waals surface area contributed by atoms with E-state index >= 15 is 0 Å². The summed E-state index contributed by atoms with van der Waals surface area (Å²) in [5.41, 5.74) is -2.39. The maximum absolute atomic E-state index is 13.8. The van der Waals surface area contributed by atoms with Crippen molar-refractivity contribution in [2.24, 2.45) is 5.41 Å². The van der Waals surface area contributed by atoms with Gasteiger partial charge in [0, 0.05) is 18.0 Å². The third kappa shape index (κ3) is 4.81. The number of rotatable bonds is 8. The lowest BCUT2D eigenvalue weighted by Crippen LogP contribution is -2.62. The molecule has 190 valence electrons. The van der Waals surface area contributed by atoms with Gasteiger partial charge in [-0.1, -0.05) is 51.4 Å². The van der Waals surface area contributed by atoms with Crippen LogP contribution in [-0.2, 0) is 24.4 Å². The summed E-state index contributed by atoms with van der Waals surface area (Å²) in [4.78, 5) is 39.5. The first-order valence-electron chi connectivity index (χ1n) is 11.4. The highest BCUT2D eigenvalue weighted by Gasteiger charge is 2.56. The van der Waals surface area contributed by atoms with E-state index in [0.717, 1.165) is 9.69 Å². The predicted octanol–water partition coefficient (Wildman–Crippen LogP) is 3.95. The van der Waals surface area contributed by atoms with Crippen molar-refractivity contribution >= 4 is 50.1 Å². The topological polar surface area (TPSA) is 112 Å². The van der Waals surface area contributed by atoms with Gasteiger partial charge in [-0.05, 0) is 53.8 Å². The van der Waals surface area contributed by atoms with Crippen LogP contribution in [0.25, 0.3) is 10.8 Å². The molecule has 1 N–H and O–H groups in total. The first kappa shape index (κ1) is 27.1. The van der Waals surface area contributed by atoms with Gasteiger partial charge in [-0.25, -0.2) is 13.2 Å². The molecule has 2 aromatic rings. The second-order valence-electron chi connectivity index (χ2n) is 10.0. The van der Waals surface area contributed by atoms with Gasteiger partial charge in [-0.15, -0.1) is 0 Å². The van der Waals surface area contributed by atoms with Crippen LogP contribution >= 0.6 is 11.6 Å². The summed E-state index contributed by atoms with van der Waals surface area (Å²) >= 11 is 6.03. The maximum Gasteiger partial charge on any atom is 0.329 e. The lowest BCUT2D eigenvalue weighted by atomic mass is 9.73. The van der Waals surface area contributed by atoms with Crippen LogP contribution in [0, 0.1) is 5.41 Å². The van der Waals surface area contributed by atoms with E-state index in [4.69, 9.17) is 11.6 Å². The van der Waals surface area contributed by atoms with Crippen LogP contribution in [-0.4, -0.2) is 65.1 Å². The Morgan fingerprint density at radius 2 is 1.71 bits per heavy atom. The number of likely N-dealkylation sites (tertiary alicyclic amines) is 1. The first-order chi connectivity index (χ1) is 16.1. The maximum atomic E-state index is 13.8. The Labute approximate surface area is 210 Å². The van der Waals surface area contributed by atoms with Crippen molar-refractivity contribution in [3.63, 3.8) is 0 Å². The largest absolute Gasteiger partial charge is 0.479 e. The van der Waals surface area contributed by atoms with E-state index in [9.17, 15) is 27.9 Å². The van der Waals surface area contributed by atoms with Crippen molar-refractivity contribution in [1.82, 2.24) is 9.21 Å². The molecule has 35 heavy (non-hydrogen) atoms. The SMILES string of the molecule is CCC(=O)CN([C@H]1CCN([C@](C)(C(=O)O)C(C)(C)C)C1=O)S(=O)(=O)c1ccc2cc(Cl)ccc2c1. The van der Waals surface area contributed by atoms with E-state index < -0.39 is 45.4 Å². The molecule has 0 spiro atoms. The van der Waals surface area contributed by atoms with Gasteiger partial charge >= 0.3 is 5.97 Å². The molecule has 1 saturated heterocycles. The Balaban J connectivity index is 2.07. The van der Waals surface area contributed by atoms with Crippen LogP contribution in [0.5, 0.6) is 0 Å². The summed E-state index contributed by atoms with van der Waals surface area (Å²) in [6.07, 6.45) is 0.179. The Morgan fingerprint density at radius 3 is 2.29 bits per heavy atom. The molecule has 2 atom stereocenters. The number of sulfonamides is 1. The highest BCUT2D eigenvalue weighted by Crippen LogP contribution is 2.40. The Bertz CT molecular complexity index is 1290. The summed E-state index contributed by atoms with van der Waals surface area (Å²) < 4.78 is 28.5. The van der Waals surface area contributed by atoms with Crippen LogP contribution in [0.1, 0.15) is 47.5 Å². The fourth-order valence-electron chi connectivity index (χ4n) is 4.36. The molecule has 0 bridgehead atoms. The summed E-state index contributed by atoms with van der Waals surface area (Å²) in [5, 5.41) is 11.9. The third-order valence-corrected chi connectivity index (χ3v) is 9.13. The zero-order chi connectivity index (χ0) is 26.3. The molecule has 1 amide bonds. The molecule has 0 aliphatic carbocycles. The van der Waals surface area contributed by atoms with Crippen molar-refractivity contribution in [3.05, 3.63) is 41.4 Å². The lowest BCUT2D eigenvalue weighted by molar-refractivity contribution is -0.164.